The molecule has 0 aliphatic rings. The number of anilines is 1. The lowest BCUT2D eigenvalue weighted by Crippen LogP contribution is -2.13. The summed E-state index contributed by atoms with van der Waals surface area (Å²) in [6.45, 7) is 2.80. The van der Waals surface area contributed by atoms with E-state index in [0.717, 1.165) is 16.7 Å². The molecule has 0 aliphatic heterocycles. The normalized spacial score (nSPS) is 10.9. The van der Waals surface area contributed by atoms with Gasteiger partial charge in [-0.15, -0.1) is 0 Å². The van der Waals surface area contributed by atoms with Gasteiger partial charge in [0.2, 0.25) is 0 Å². The fourth-order valence-electron chi connectivity index (χ4n) is 3.20. The molecule has 0 aliphatic carbocycles. The summed E-state index contributed by atoms with van der Waals surface area (Å²) in [4.78, 5) is 12.7. The minimum Gasteiger partial charge on any atom is -0.487 e. The molecule has 0 bridgehead atoms. The first-order valence-corrected chi connectivity index (χ1v) is 12.2. The number of amides is 1. The molecule has 1 amide bonds. The lowest BCUT2D eigenvalue weighted by Gasteiger charge is -2.09. The zero-order valence-electron chi connectivity index (χ0n) is 18.0. The van der Waals surface area contributed by atoms with Gasteiger partial charge in [0.05, 0.1) is 26.1 Å². The van der Waals surface area contributed by atoms with Crippen molar-refractivity contribution in [2.24, 2.45) is 0 Å². The summed E-state index contributed by atoms with van der Waals surface area (Å²) in [6, 6.07) is 18.2. The second kappa shape index (κ2) is 10.8. The number of carbonyl (C=O) groups is 1. The van der Waals surface area contributed by atoms with Crippen molar-refractivity contribution in [1.29, 1.82) is 0 Å². The number of aryl methyl sites for hydroxylation is 1. The lowest BCUT2D eigenvalue weighted by molar-refractivity contribution is 0.102. The summed E-state index contributed by atoms with van der Waals surface area (Å²) >= 11 is 21.7. The van der Waals surface area contributed by atoms with Crippen molar-refractivity contribution in [2.45, 2.75) is 20.1 Å². The summed E-state index contributed by atoms with van der Waals surface area (Å²) in [5, 5.41) is 8.82. The first-order valence-electron chi connectivity index (χ1n) is 10.2. The highest BCUT2D eigenvalue weighted by Gasteiger charge is 2.13. The summed E-state index contributed by atoms with van der Waals surface area (Å²) in [5.41, 5.74) is 3.42. The Balaban J connectivity index is 1.38. The van der Waals surface area contributed by atoms with Crippen LogP contribution in [0.2, 0.25) is 15.1 Å². The molecule has 5 nitrogen and oxygen atoms in total. The summed E-state index contributed by atoms with van der Waals surface area (Å²) in [6.07, 6.45) is 1.79. The zero-order chi connectivity index (χ0) is 24.2. The van der Waals surface area contributed by atoms with Crippen molar-refractivity contribution < 1.29 is 9.53 Å². The smallest absolute Gasteiger partial charge is 0.256 e. The van der Waals surface area contributed by atoms with Crippen molar-refractivity contribution in [3.8, 4) is 5.75 Å². The number of aromatic nitrogens is 2. The van der Waals surface area contributed by atoms with Crippen LogP contribution >= 0.6 is 50.7 Å². The molecule has 4 aromatic rings. The van der Waals surface area contributed by atoms with Gasteiger partial charge in [0.15, 0.2) is 5.82 Å². The van der Waals surface area contributed by atoms with Crippen LogP contribution in [-0.2, 0) is 13.2 Å². The molecule has 174 valence electrons. The van der Waals surface area contributed by atoms with Crippen LogP contribution in [0.15, 0.2) is 71.3 Å². The topological polar surface area (TPSA) is 56.1 Å². The number of benzene rings is 3. The fourth-order valence-corrected chi connectivity index (χ4v) is 4.11. The van der Waals surface area contributed by atoms with Crippen molar-refractivity contribution in [1.82, 2.24) is 9.78 Å². The van der Waals surface area contributed by atoms with Crippen molar-refractivity contribution in [3.05, 3.63) is 109 Å². The number of nitrogens with zero attached hydrogens (tertiary/aromatic N) is 2. The second-order valence-corrected chi connectivity index (χ2v) is 9.72. The van der Waals surface area contributed by atoms with Gasteiger partial charge in [-0.25, -0.2) is 0 Å². The number of rotatable bonds is 7. The third kappa shape index (κ3) is 6.13. The molecule has 4 rings (SSSR count). The van der Waals surface area contributed by atoms with Gasteiger partial charge in [-0.1, -0.05) is 59.1 Å². The maximum atomic E-state index is 12.7. The second-order valence-electron chi connectivity index (χ2n) is 7.65. The van der Waals surface area contributed by atoms with E-state index in [9.17, 15) is 4.79 Å². The number of carbonyl (C=O) groups excluding carboxylic acids is 1. The third-order valence-corrected chi connectivity index (χ3v) is 6.61. The monoisotopic (exact) mass is 577 g/mol. The van der Waals surface area contributed by atoms with Gasteiger partial charge in [-0.3, -0.25) is 9.48 Å². The van der Waals surface area contributed by atoms with Crippen molar-refractivity contribution in [3.63, 3.8) is 0 Å². The Bertz CT molecular complexity index is 1340. The molecule has 0 fully saturated rings. The van der Waals surface area contributed by atoms with Crippen LogP contribution in [0.4, 0.5) is 5.82 Å². The summed E-state index contributed by atoms with van der Waals surface area (Å²) in [5.74, 6) is 0.783. The van der Waals surface area contributed by atoms with Gasteiger partial charge in [-0.2, -0.15) is 5.10 Å². The van der Waals surface area contributed by atoms with E-state index in [-0.39, 0.29) is 5.91 Å². The Hall–Kier alpha value is -2.51. The van der Waals surface area contributed by atoms with Crippen LogP contribution < -0.4 is 10.1 Å². The van der Waals surface area contributed by atoms with Crippen LogP contribution in [0.1, 0.15) is 27.0 Å². The van der Waals surface area contributed by atoms with Gasteiger partial charge >= 0.3 is 0 Å². The maximum Gasteiger partial charge on any atom is 0.256 e. The van der Waals surface area contributed by atoms with E-state index in [1.807, 2.05) is 43.3 Å². The Morgan fingerprint density at radius 1 is 0.971 bits per heavy atom. The standard InChI is InChI=1S/C25H19BrCl3N3O2/c1-15-2-8-21(28)23(10-15)34-14-16-3-6-18(7-4-16)25(33)30-24-19(26)13-32(31-24)12-17-5-9-20(27)22(29)11-17/h2-11,13H,12,14H2,1H3,(H,30,31,33). The van der Waals surface area contributed by atoms with E-state index in [1.165, 1.54) is 0 Å². The van der Waals surface area contributed by atoms with Crippen LogP contribution in [-0.4, -0.2) is 15.7 Å². The largest absolute Gasteiger partial charge is 0.487 e. The maximum absolute atomic E-state index is 12.7. The number of hydrogen-bond donors (Lipinski definition) is 1. The average molecular weight is 580 g/mol. The van der Waals surface area contributed by atoms with Crippen molar-refractivity contribution >= 4 is 62.5 Å². The van der Waals surface area contributed by atoms with Crippen LogP contribution in [0.5, 0.6) is 5.75 Å². The molecular formula is C25H19BrCl3N3O2. The van der Waals surface area contributed by atoms with Gasteiger partial charge in [0.1, 0.15) is 12.4 Å². The van der Waals surface area contributed by atoms with E-state index in [4.69, 9.17) is 39.5 Å². The molecule has 3 aromatic carbocycles. The molecule has 0 unspecified atom stereocenters. The zero-order valence-corrected chi connectivity index (χ0v) is 21.8. The van der Waals surface area contributed by atoms with E-state index < -0.39 is 0 Å². The molecule has 0 spiro atoms. The minimum absolute atomic E-state index is 0.269. The number of ether oxygens (including phenoxy) is 1. The fraction of sp³-hybridized carbons (Fsp3) is 0.120. The predicted molar refractivity (Wildman–Crippen MR) is 140 cm³/mol. The SMILES string of the molecule is Cc1ccc(Cl)c(OCc2ccc(C(=O)Nc3nn(Cc4ccc(Cl)c(Cl)c4)cc3Br)cc2)c1. The molecular weight excluding hydrogens is 561 g/mol. The Morgan fingerprint density at radius 3 is 2.41 bits per heavy atom. The van der Waals surface area contributed by atoms with Crippen molar-refractivity contribution in [2.75, 3.05) is 5.32 Å². The van der Waals surface area contributed by atoms with E-state index in [1.54, 1.807) is 35.1 Å². The number of halogens is 4. The van der Waals surface area contributed by atoms with Gasteiger partial charge in [-0.05, 0) is 75.9 Å². The summed E-state index contributed by atoms with van der Waals surface area (Å²) < 4.78 is 8.19. The predicted octanol–water partition coefficient (Wildman–Crippen LogP) is 7.79. The van der Waals surface area contributed by atoms with Gasteiger partial charge in [0.25, 0.3) is 5.91 Å². The van der Waals surface area contributed by atoms with Crippen LogP contribution in [0.3, 0.4) is 0 Å². The van der Waals surface area contributed by atoms with Gasteiger partial charge in [0, 0.05) is 11.8 Å². The highest BCUT2D eigenvalue weighted by molar-refractivity contribution is 9.10. The molecule has 0 saturated carbocycles. The number of hydrogen-bond acceptors (Lipinski definition) is 3. The highest BCUT2D eigenvalue weighted by atomic mass is 79.9. The first-order chi connectivity index (χ1) is 16.3. The lowest BCUT2D eigenvalue weighted by atomic mass is 10.1. The quantitative estimate of drug-likeness (QED) is 0.243. The molecule has 9 heteroatoms. The molecule has 1 aromatic heterocycles. The molecule has 0 radical (unpaired) electrons. The van der Waals surface area contributed by atoms with Gasteiger partial charge < -0.3 is 10.1 Å². The molecule has 1 N–H and O–H groups in total. The molecule has 1 heterocycles. The third-order valence-electron chi connectivity index (χ3n) is 4.97. The number of nitrogens with one attached hydrogen (secondary N) is 1. The van der Waals surface area contributed by atoms with E-state index in [2.05, 4.69) is 26.3 Å². The Kier molecular flexibility index (Phi) is 7.84. The van der Waals surface area contributed by atoms with Crippen LogP contribution in [0.25, 0.3) is 0 Å². The molecule has 34 heavy (non-hydrogen) atoms. The van der Waals surface area contributed by atoms with E-state index >= 15 is 0 Å². The highest BCUT2D eigenvalue weighted by Crippen LogP contribution is 2.27. The first kappa shape index (κ1) is 24.6. The Labute approximate surface area is 220 Å². The molecule has 0 atom stereocenters. The average Bonchev–Trinajstić information content (AvgIpc) is 3.15. The van der Waals surface area contributed by atoms with E-state index in [0.29, 0.717) is 49.8 Å². The minimum atomic E-state index is -0.269. The van der Waals surface area contributed by atoms with Crippen LogP contribution in [0, 0.1) is 6.92 Å². The molecule has 0 saturated heterocycles. The summed E-state index contributed by atoms with van der Waals surface area (Å²) in [7, 11) is 0. The Morgan fingerprint density at radius 2 is 1.68 bits per heavy atom.